The van der Waals surface area contributed by atoms with E-state index in [0.717, 1.165) is 9.77 Å². The lowest BCUT2D eigenvalue weighted by atomic mass is 10.2. The number of amides is 3. The van der Waals surface area contributed by atoms with Crippen molar-refractivity contribution in [3.63, 3.8) is 0 Å². The number of carbonyl (C=O) groups is 3. The summed E-state index contributed by atoms with van der Waals surface area (Å²) in [6.45, 7) is 1.79. The lowest BCUT2D eigenvalue weighted by Gasteiger charge is -2.13. The average Bonchev–Trinajstić information content (AvgIpc) is 3.44. The maximum atomic E-state index is 13.1. The first kappa shape index (κ1) is 27.1. The van der Waals surface area contributed by atoms with Gasteiger partial charge in [-0.3, -0.25) is 14.4 Å². The molecule has 4 aromatic rings. The first-order chi connectivity index (χ1) is 18.4. The number of anilines is 2. The third-order valence-corrected chi connectivity index (χ3v) is 7.29. The van der Waals surface area contributed by atoms with Crippen molar-refractivity contribution < 1.29 is 14.4 Å². The molecule has 0 saturated heterocycles. The van der Waals surface area contributed by atoms with Gasteiger partial charge in [0.2, 0.25) is 5.91 Å². The fourth-order valence-corrected chi connectivity index (χ4v) is 4.85. The van der Waals surface area contributed by atoms with Gasteiger partial charge in [-0.2, -0.15) is 0 Å². The molecule has 1 atom stereocenters. The molecule has 0 saturated carbocycles. The van der Waals surface area contributed by atoms with E-state index in [1.165, 1.54) is 29.3 Å². The fourth-order valence-electron chi connectivity index (χ4n) is 3.21. The maximum Gasteiger partial charge on any atom is 0.272 e. The molecule has 0 aliphatic heterocycles. The predicted molar refractivity (Wildman–Crippen MR) is 154 cm³/mol. The molecular formula is C28H23ClN4O3S2. The van der Waals surface area contributed by atoms with Crippen LogP contribution in [0.25, 0.3) is 6.08 Å². The van der Waals surface area contributed by atoms with E-state index in [9.17, 15) is 14.4 Å². The zero-order valence-corrected chi connectivity index (χ0v) is 22.6. The van der Waals surface area contributed by atoms with Crippen LogP contribution in [0.4, 0.5) is 11.5 Å². The molecule has 10 heteroatoms. The molecule has 0 aliphatic rings. The first-order valence-corrected chi connectivity index (χ1v) is 13.6. The standard InChI is InChI=1S/C28H23ClN4O3S2/c1-18(26(34)33-25-14-9-20(29)17-30-25)38-22-12-10-21(11-13-22)31-28(36)24(16-23-8-5-15-37-23)32-27(35)19-6-3-2-4-7-19/h2-18H,1H3,(H,31,36)(H,32,35)(H,30,33,34)/b24-16-. The smallest absolute Gasteiger partial charge is 0.272 e. The molecule has 2 aromatic heterocycles. The second kappa shape index (κ2) is 13.0. The summed E-state index contributed by atoms with van der Waals surface area (Å²) in [4.78, 5) is 44.1. The van der Waals surface area contributed by atoms with Crippen LogP contribution in [-0.2, 0) is 9.59 Å². The van der Waals surface area contributed by atoms with E-state index in [0.29, 0.717) is 22.1 Å². The summed E-state index contributed by atoms with van der Waals surface area (Å²) in [5.41, 5.74) is 1.12. The van der Waals surface area contributed by atoms with Gasteiger partial charge in [0.15, 0.2) is 0 Å². The number of halogens is 1. The van der Waals surface area contributed by atoms with Crippen molar-refractivity contribution in [2.24, 2.45) is 0 Å². The lowest BCUT2D eigenvalue weighted by Crippen LogP contribution is -2.30. The molecule has 2 heterocycles. The van der Waals surface area contributed by atoms with Crippen LogP contribution in [0, 0.1) is 0 Å². The van der Waals surface area contributed by atoms with Crippen LogP contribution in [0.5, 0.6) is 0 Å². The molecule has 0 radical (unpaired) electrons. The van der Waals surface area contributed by atoms with Gasteiger partial charge < -0.3 is 16.0 Å². The normalized spacial score (nSPS) is 11.9. The van der Waals surface area contributed by atoms with Gasteiger partial charge in [-0.15, -0.1) is 23.1 Å². The van der Waals surface area contributed by atoms with Gasteiger partial charge in [0, 0.05) is 27.2 Å². The number of nitrogens with zero attached hydrogens (tertiary/aromatic N) is 1. The highest BCUT2D eigenvalue weighted by Crippen LogP contribution is 2.26. The Kier molecular flexibility index (Phi) is 9.31. The Labute approximate surface area is 233 Å². The van der Waals surface area contributed by atoms with Crippen LogP contribution in [0.2, 0.25) is 5.02 Å². The zero-order chi connectivity index (χ0) is 26.9. The first-order valence-electron chi connectivity index (χ1n) is 11.5. The predicted octanol–water partition coefficient (Wildman–Crippen LogP) is 6.33. The van der Waals surface area contributed by atoms with Gasteiger partial charge in [0.1, 0.15) is 11.5 Å². The molecule has 2 aromatic carbocycles. The summed E-state index contributed by atoms with van der Waals surface area (Å²) in [5, 5.41) is 10.3. The Morgan fingerprint density at radius 1 is 0.947 bits per heavy atom. The van der Waals surface area contributed by atoms with Crippen molar-refractivity contribution in [2.75, 3.05) is 10.6 Å². The third-order valence-electron chi connectivity index (χ3n) is 5.13. The van der Waals surface area contributed by atoms with Gasteiger partial charge >= 0.3 is 0 Å². The molecule has 0 aliphatic carbocycles. The van der Waals surface area contributed by atoms with E-state index >= 15 is 0 Å². The highest BCUT2D eigenvalue weighted by molar-refractivity contribution is 8.00. The summed E-state index contributed by atoms with van der Waals surface area (Å²) < 4.78 is 0. The number of aromatic nitrogens is 1. The van der Waals surface area contributed by atoms with Gasteiger partial charge in [-0.25, -0.2) is 4.98 Å². The van der Waals surface area contributed by atoms with Crippen LogP contribution in [0.15, 0.2) is 101 Å². The van der Waals surface area contributed by atoms with Crippen LogP contribution < -0.4 is 16.0 Å². The Morgan fingerprint density at radius 2 is 1.71 bits per heavy atom. The van der Waals surface area contributed by atoms with Crippen molar-refractivity contribution in [3.05, 3.63) is 112 Å². The Balaban J connectivity index is 1.39. The molecule has 192 valence electrons. The van der Waals surface area contributed by atoms with Gasteiger partial charge in [-0.05, 0) is 73.0 Å². The second-order valence-corrected chi connectivity index (χ2v) is 10.8. The number of hydrogen-bond acceptors (Lipinski definition) is 6. The van der Waals surface area contributed by atoms with E-state index in [-0.39, 0.29) is 22.8 Å². The Bertz CT molecular complexity index is 1430. The number of thiophene rings is 1. The quantitative estimate of drug-likeness (QED) is 0.164. The van der Waals surface area contributed by atoms with Crippen molar-refractivity contribution in [2.45, 2.75) is 17.1 Å². The van der Waals surface area contributed by atoms with Crippen molar-refractivity contribution >= 4 is 70.0 Å². The molecule has 38 heavy (non-hydrogen) atoms. The summed E-state index contributed by atoms with van der Waals surface area (Å²) in [5.74, 6) is -0.599. The molecule has 1 unspecified atom stereocenters. The number of nitrogens with one attached hydrogen (secondary N) is 3. The molecule has 3 N–H and O–H groups in total. The van der Waals surface area contributed by atoms with Crippen LogP contribution >= 0.6 is 34.7 Å². The lowest BCUT2D eigenvalue weighted by molar-refractivity contribution is -0.115. The summed E-state index contributed by atoms with van der Waals surface area (Å²) in [6.07, 6.45) is 3.11. The minimum absolute atomic E-state index is 0.126. The minimum Gasteiger partial charge on any atom is -0.321 e. The molecule has 4 rings (SSSR count). The monoisotopic (exact) mass is 562 g/mol. The topological polar surface area (TPSA) is 100 Å². The van der Waals surface area contributed by atoms with Crippen LogP contribution in [0.1, 0.15) is 22.2 Å². The molecule has 3 amide bonds. The minimum atomic E-state index is -0.453. The van der Waals surface area contributed by atoms with Crippen molar-refractivity contribution in [1.82, 2.24) is 10.3 Å². The van der Waals surface area contributed by atoms with E-state index < -0.39 is 5.91 Å². The maximum absolute atomic E-state index is 13.1. The number of thioether (sulfide) groups is 1. The van der Waals surface area contributed by atoms with E-state index in [1.54, 1.807) is 61.5 Å². The number of rotatable bonds is 9. The van der Waals surface area contributed by atoms with E-state index in [2.05, 4.69) is 20.9 Å². The number of carbonyl (C=O) groups excluding carboxylic acids is 3. The highest BCUT2D eigenvalue weighted by Gasteiger charge is 2.17. The zero-order valence-electron chi connectivity index (χ0n) is 20.2. The molecule has 0 bridgehead atoms. The average molecular weight is 563 g/mol. The third kappa shape index (κ3) is 7.79. The SMILES string of the molecule is CC(Sc1ccc(NC(=O)/C(=C/c2cccs2)NC(=O)c2ccccc2)cc1)C(=O)Nc1ccc(Cl)cn1. The van der Waals surface area contributed by atoms with E-state index in [1.807, 2.05) is 35.7 Å². The number of hydrogen-bond donors (Lipinski definition) is 3. The molecule has 0 spiro atoms. The van der Waals surface area contributed by atoms with Gasteiger partial charge in [0.05, 0.1) is 10.3 Å². The van der Waals surface area contributed by atoms with E-state index in [4.69, 9.17) is 11.6 Å². The molecule has 7 nitrogen and oxygen atoms in total. The summed E-state index contributed by atoms with van der Waals surface area (Å²) >= 11 is 8.66. The fraction of sp³-hybridized carbons (Fsp3) is 0.0714. The number of benzene rings is 2. The Morgan fingerprint density at radius 3 is 2.37 bits per heavy atom. The van der Waals surface area contributed by atoms with Crippen LogP contribution in [-0.4, -0.2) is 28.0 Å². The summed E-state index contributed by atoms with van der Waals surface area (Å²) in [6, 6.07) is 22.8. The highest BCUT2D eigenvalue weighted by atomic mass is 35.5. The van der Waals surface area contributed by atoms with Crippen molar-refractivity contribution in [3.8, 4) is 0 Å². The molecule has 0 fully saturated rings. The second-order valence-electron chi connectivity index (χ2n) is 7.98. The van der Waals surface area contributed by atoms with Gasteiger partial charge in [-0.1, -0.05) is 35.9 Å². The summed E-state index contributed by atoms with van der Waals surface area (Å²) in [7, 11) is 0. The van der Waals surface area contributed by atoms with Gasteiger partial charge in [0.25, 0.3) is 11.8 Å². The number of pyridine rings is 1. The van der Waals surface area contributed by atoms with Crippen LogP contribution in [0.3, 0.4) is 0 Å². The molecular weight excluding hydrogens is 540 g/mol. The largest absolute Gasteiger partial charge is 0.321 e. The van der Waals surface area contributed by atoms with Crippen molar-refractivity contribution in [1.29, 1.82) is 0 Å². The Hall–Kier alpha value is -3.92.